The summed E-state index contributed by atoms with van der Waals surface area (Å²) in [5, 5.41) is 0. The lowest BCUT2D eigenvalue weighted by molar-refractivity contribution is 0.581. The summed E-state index contributed by atoms with van der Waals surface area (Å²) in [6.45, 7) is 6.49. The minimum atomic E-state index is -3.52. The van der Waals surface area contributed by atoms with Gasteiger partial charge in [-0.2, -0.15) is 0 Å². The van der Waals surface area contributed by atoms with Crippen LogP contribution in [0, 0.1) is 20.8 Å². The number of aryl methyl sites for hydroxylation is 2. The molecule has 2 aromatic rings. The second kappa shape index (κ2) is 6.27. The molecule has 0 saturated carbocycles. The first-order valence-electron chi connectivity index (χ1n) is 6.69. The van der Waals surface area contributed by atoms with Gasteiger partial charge in [0.05, 0.1) is 4.90 Å². The highest BCUT2D eigenvalue weighted by Crippen LogP contribution is 2.22. The molecule has 0 unspecified atom stereocenters. The third-order valence-corrected chi connectivity index (χ3v) is 6.26. The Bertz CT molecular complexity index is 730. The third-order valence-electron chi connectivity index (χ3n) is 3.56. The summed E-state index contributed by atoms with van der Waals surface area (Å²) in [6, 6.07) is 7.21. The molecule has 0 aliphatic rings. The van der Waals surface area contributed by atoms with Crippen molar-refractivity contribution in [1.29, 1.82) is 0 Å². The SMILES string of the molecule is Cc1cc(CNS(=O)(=O)c2cccc(CN)c2C)sc1C. The molecule has 0 aliphatic carbocycles. The third kappa shape index (κ3) is 3.52. The predicted octanol–water partition coefficient (Wildman–Crippen LogP) is 2.61. The fraction of sp³-hybridized carbons (Fsp3) is 0.333. The van der Waals surface area contributed by atoms with Crippen LogP contribution in [0.1, 0.15) is 26.4 Å². The van der Waals surface area contributed by atoms with E-state index in [1.54, 1.807) is 30.4 Å². The minimum Gasteiger partial charge on any atom is -0.326 e. The van der Waals surface area contributed by atoms with Crippen molar-refractivity contribution >= 4 is 21.4 Å². The summed E-state index contributed by atoms with van der Waals surface area (Å²) in [5.41, 5.74) is 8.39. The van der Waals surface area contributed by atoms with Gasteiger partial charge in [-0.15, -0.1) is 11.3 Å². The Morgan fingerprint density at radius 3 is 2.52 bits per heavy atom. The minimum absolute atomic E-state index is 0.301. The molecule has 0 spiro atoms. The van der Waals surface area contributed by atoms with Gasteiger partial charge in [0, 0.05) is 22.8 Å². The first kappa shape index (κ1) is 16.2. The molecular formula is C15H20N2O2S2. The van der Waals surface area contributed by atoms with Gasteiger partial charge in [-0.25, -0.2) is 13.1 Å². The van der Waals surface area contributed by atoms with Crippen molar-refractivity contribution in [3.8, 4) is 0 Å². The van der Waals surface area contributed by atoms with Gasteiger partial charge >= 0.3 is 0 Å². The molecule has 1 aromatic carbocycles. The molecule has 1 aromatic heterocycles. The van der Waals surface area contributed by atoms with Crippen LogP contribution in [0.5, 0.6) is 0 Å². The molecule has 0 radical (unpaired) electrons. The summed E-state index contributed by atoms with van der Waals surface area (Å²) in [6.07, 6.45) is 0. The summed E-state index contributed by atoms with van der Waals surface area (Å²) < 4.78 is 27.5. The highest BCUT2D eigenvalue weighted by Gasteiger charge is 2.18. The van der Waals surface area contributed by atoms with E-state index in [0.717, 1.165) is 10.4 Å². The lowest BCUT2D eigenvalue weighted by Crippen LogP contribution is -2.24. The van der Waals surface area contributed by atoms with Gasteiger partial charge in [0.15, 0.2) is 0 Å². The highest BCUT2D eigenvalue weighted by molar-refractivity contribution is 7.89. The second-order valence-electron chi connectivity index (χ2n) is 5.02. The summed E-state index contributed by atoms with van der Waals surface area (Å²) in [5.74, 6) is 0. The molecule has 0 atom stereocenters. The van der Waals surface area contributed by atoms with Crippen molar-refractivity contribution in [2.75, 3.05) is 0 Å². The van der Waals surface area contributed by atoms with E-state index in [4.69, 9.17) is 5.73 Å². The molecule has 4 nitrogen and oxygen atoms in total. The Kier molecular flexibility index (Phi) is 4.83. The zero-order valence-electron chi connectivity index (χ0n) is 12.4. The first-order valence-corrected chi connectivity index (χ1v) is 8.99. The Morgan fingerprint density at radius 2 is 1.95 bits per heavy atom. The van der Waals surface area contributed by atoms with Gasteiger partial charge in [-0.1, -0.05) is 12.1 Å². The number of rotatable bonds is 5. The maximum absolute atomic E-state index is 12.4. The summed E-state index contributed by atoms with van der Waals surface area (Å²) in [4.78, 5) is 2.53. The van der Waals surface area contributed by atoms with Crippen molar-refractivity contribution in [3.05, 3.63) is 50.7 Å². The molecule has 1 heterocycles. The van der Waals surface area contributed by atoms with Gasteiger partial charge in [0.2, 0.25) is 10.0 Å². The molecule has 0 saturated heterocycles. The molecule has 0 fully saturated rings. The fourth-order valence-electron chi connectivity index (χ4n) is 2.15. The molecule has 21 heavy (non-hydrogen) atoms. The van der Waals surface area contributed by atoms with Crippen LogP contribution in [-0.4, -0.2) is 8.42 Å². The second-order valence-corrected chi connectivity index (χ2v) is 8.10. The van der Waals surface area contributed by atoms with E-state index in [-0.39, 0.29) is 0 Å². The Hall–Kier alpha value is -1.21. The molecule has 3 N–H and O–H groups in total. The van der Waals surface area contributed by atoms with Crippen LogP contribution in [-0.2, 0) is 23.1 Å². The molecule has 0 bridgehead atoms. The van der Waals surface area contributed by atoms with Crippen molar-refractivity contribution < 1.29 is 8.42 Å². The van der Waals surface area contributed by atoms with Gasteiger partial charge in [-0.05, 0) is 49.6 Å². The fourth-order valence-corrected chi connectivity index (χ4v) is 4.53. The molecule has 0 aliphatic heterocycles. The molecule has 0 amide bonds. The van der Waals surface area contributed by atoms with E-state index >= 15 is 0 Å². The number of thiophene rings is 1. The Labute approximate surface area is 130 Å². The monoisotopic (exact) mass is 324 g/mol. The average molecular weight is 324 g/mol. The average Bonchev–Trinajstić information content (AvgIpc) is 2.76. The quantitative estimate of drug-likeness (QED) is 0.888. The molecule has 2 rings (SSSR count). The van der Waals surface area contributed by atoms with Gasteiger partial charge in [0.1, 0.15) is 0 Å². The number of nitrogens with two attached hydrogens (primary N) is 1. The van der Waals surface area contributed by atoms with Crippen LogP contribution in [0.25, 0.3) is 0 Å². The number of hydrogen-bond donors (Lipinski definition) is 2. The van der Waals surface area contributed by atoms with Crippen LogP contribution in [0.3, 0.4) is 0 Å². The van der Waals surface area contributed by atoms with Crippen LogP contribution in [0.4, 0.5) is 0 Å². The number of hydrogen-bond acceptors (Lipinski definition) is 4. The van der Waals surface area contributed by atoms with Crippen molar-refractivity contribution in [3.63, 3.8) is 0 Å². The zero-order chi connectivity index (χ0) is 15.6. The van der Waals surface area contributed by atoms with E-state index in [0.29, 0.717) is 23.5 Å². The zero-order valence-corrected chi connectivity index (χ0v) is 14.1. The topological polar surface area (TPSA) is 72.2 Å². The van der Waals surface area contributed by atoms with Crippen LogP contribution < -0.4 is 10.5 Å². The van der Waals surface area contributed by atoms with Crippen molar-refractivity contribution in [1.82, 2.24) is 4.72 Å². The van der Waals surface area contributed by atoms with E-state index in [1.165, 1.54) is 10.4 Å². The normalized spacial score (nSPS) is 11.8. The van der Waals surface area contributed by atoms with Crippen LogP contribution in [0.2, 0.25) is 0 Å². The highest BCUT2D eigenvalue weighted by atomic mass is 32.2. The number of sulfonamides is 1. The van der Waals surface area contributed by atoms with Gasteiger partial charge < -0.3 is 5.73 Å². The van der Waals surface area contributed by atoms with E-state index in [2.05, 4.69) is 4.72 Å². The number of nitrogens with one attached hydrogen (secondary N) is 1. The lowest BCUT2D eigenvalue weighted by atomic mass is 10.1. The smallest absolute Gasteiger partial charge is 0.241 e. The number of benzene rings is 1. The van der Waals surface area contributed by atoms with E-state index in [1.807, 2.05) is 26.0 Å². The lowest BCUT2D eigenvalue weighted by Gasteiger charge is -2.11. The maximum atomic E-state index is 12.4. The largest absolute Gasteiger partial charge is 0.326 e. The predicted molar refractivity (Wildman–Crippen MR) is 86.9 cm³/mol. The van der Waals surface area contributed by atoms with Gasteiger partial charge in [-0.3, -0.25) is 0 Å². The molecule has 114 valence electrons. The van der Waals surface area contributed by atoms with E-state index < -0.39 is 10.0 Å². The van der Waals surface area contributed by atoms with Crippen molar-refractivity contribution in [2.24, 2.45) is 5.73 Å². The van der Waals surface area contributed by atoms with Crippen LogP contribution >= 0.6 is 11.3 Å². The standard InChI is InChI=1S/C15H20N2O2S2/c1-10-7-14(20-12(10)3)9-17-21(18,19)15-6-4-5-13(8-16)11(15)2/h4-7,17H,8-9,16H2,1-3H3. The van der Waals surface area contributed by atoms with Gasteiger partial charge in [0.25, 0.3) is 0 Å². The molecule has 6 heteroatoms. The summed E-state index contributed by atoms with van der Waals surface area (Å²) in [7, 11) is -3.52. The Morgan fingerprint density at radius 1 is 1.24 bits per heavy atom. The molecular weight excluding hydrogens is 304 g/mol. The van der Waals surface area contributed by atoms with Crippen molar-refractivity contribution in [2.45, 2.75) is 38.8 Å². The Balaban J connectivity index is 2.23. The van der Waals surface area contributed by atoms with Crippen LogP contribution in [0.15, 0.2) is 29.2 Å². The first-order chi connectivity index (χ1) is 9.85. The maximum Gasteiger partial charge on any atom is 0.241 e. The van der Waals surface area contributed by atoms with E-state index in [9.17, 15) is 8.42 Å². The summed E-state index contributed by atoms with van der Waals surface area (Å²) >= 11 is 1.62.